The van der Waals surface area contributed by atoms with Gasteiger partial charge in [-0.3, -0.25) is 9.69 Å². The van der Waals surface area contributed by atoms with E-state index in [-0.39, 0.29) is 18.1 Å². The SMILES string of the molecule is Cc1cc(Cl)ccc1C(=O)N1CCN(CC(C)O)CC1C. The van der Waals surface area contributed by atoms with Crippen LogP contribution >= 0.6 is 11.6 Å². The number of halogens is 1. The molecule has 1 fully saturated rings. The number of hydrogen-bond donors (Lipinski definition) is 1. The van der Waals surface area contributed by atoms with Crippen molar-refractivity contribution in [1.82, 2.24) is 9.80 Å². The van der Waals surface area contributed by atoms with E-state index < -0.39 is 0 Å². The largest absolute Gasteiger partial charge is 0.392 e. The molecule has 5 heteroatoms. The predicted molar refractivity (Wildman–Crippen MR) is 84.8 cm³/mol. The Kier molecular flexibility index (Phi) is 5.25. The first-order chi connectivity index (χ1) is 9.88. The summed E-state index contributed by atoms with van der Waals surface area (Å²) < 4.78 is 0. The molecule has 0 aromatic heterocycles. The highest BCUT2D eigenvalue weighted by Gasteiger charge is 2.29. The summed E-state index contributed by atoms with van der Waals surface area (Å²) in [7, 11) is 0. The van der Waals surface area contributed by atoms with Crippen LogP contribution in [0, 0.1) is 6.92 Å². The van der Waals surface area contributed by atoms with Crippen LogP contribution in [0.1, 0.15) is 29.8 Å². The van der Waals surface area contributed by atoms with Crippen molar-refractivity contribution in [2.75, 3.05) is 26.2 Å². The molecule has 1 amide bonds. The number of carbonyl (C=O) groups is 1. The van der Waals surface area contributed by atoms with Gasteiger partial charge in [0.1, 0.15) is 0 Å². The molecular formula is C16H23ClN2O2. The van der Waals surface area contributed by atoms with Gasteiger partial charge >= 0.3 is 0 Å². The number of carbonyl (C=O) groups excluding carboxylic acids is 1. The van der Waals surface area contributed by atoms with Crippen molar-refractivity contribution in [1.29, 1.82) is 0 Å². The van der Waals surface area contributed by atoms with Crippen molar-refractivity contribution < 1.29 is 9.90 Å². The Morgan fingerprint density at radius 2 is 2.19 bits per heavy atom. The molecule has 116 valence electrons. The highest BCUT2D eigenvalue weighted by molar-refractivity contribution is 6.30. The van der Waals surface area contributed by atoms with Gasteiger partial charge in [-0.1, -0.05) is 11.6 Å². The van der Waals surface area contributed by atoms with Gasteiger partial charge < -0.3 is 10.0 Å². The van der Waals surface area contributed by atoms with Crippen LogP contribution in [0.4, 0.5) is 0 Å². The smallest absolute Gasteiger partial charge is 0.254 e. The minimum absolute atomic E-state index is 0.0633. The molecule has 1 aromatic rings. The van der Waals surface area contributed by atoms with E-state index in [1.807, 2.05) is 17.9 Å². The summed E-state index contributed by atoms with van der Waals surface area (Å²) in [5.41, 5.74) is 1.63. The molecule has 0 spiro atoms. The second-order valence-electron chi connectivity index (χ2n) is 5.92. The Hall–Kier alpha value is -1.10. The maximum atomic E-state index is 12.7. The van der Waals surface area contributed by atoms with Crippen LogP contribution < -0.4 is 0 Å². The molecule has 0 radical (unpaired) electrons. The first kappa shape index (κ1) is 16.3. The molecule has 2 unspecified atom stereocenters. The molecule has 4 nitrogen and oxygen atoms in total. The molecule has 1 aliphatic rings. The minimum atomic E-state index is -0.335. The average molecular weight is 311 g/mol. The first-order valence-electron chi connectivity index (χ1n) is 7.36. The van der Waals surface area contributed by atoms with E-state index >= 15 is 0 Å². The minimum Gasteiger partial charge on any atom is -0.392 e. The van der Waals surface area contributed by atoms with Gasteiger partial charge in [0.25, 0.3) is 5.91 Å². The predicted octanol–water partition coefficient (Wildman–Crippen LogP) is 2.18. The fourth-order valence-corrected chi connectivity index (χ4v) is 3.12. The summed E-state index contributed by atoms with van der Waals surface area (Å²) >= 11 is 5.95. The van der Waals surface area contributed by atoms with E-state index in [0.29, 0.717) is 18.1 Å². The van der Waals surface area contributed by atoms with Gasteiger partial charge in [0.05, 0.1) is 6.10 Å². The number of benzene rings is 1. The maximum Gasteiger partial charge on any atom is 0.254 e. The fourth-order valence-electron chi connectivity index (χ4n) is 2.90. The van der Waals surface area contributed by atoms with E-state index in [9.17, 15) is 9.90 Å². The lowest BCUT2D eigenvalue weighted by atomic mass is 10.1. The van der Waals surface area contributed by atoms with E-state index in [4.69, 9.17) is 11.6 Å². The highest BCUT2D eigenvalue weighted by Crippen LogP contribution is 2.19. The molecule has 1 aromatic carbocycles. The highest BCUT2D eigenvalue weighted by atomic mass is 35.5. The van der Waals surface area contributed by atoms with E-state index in [0.717, 1.165) is 24.2 Å². The zero-order chi connectivity index (χ0) is 15.6. The second kappa shape index (κ2) is 6.77. The lowest BCUT2D eigenvalue weighted by Crippen LogP contribution is -2.55. The summed E-state index contributed by atoms with van der Waals surface area (Å²) in [6.45, 7) is 8.70. The normalized spacial score (nSPS) is 21.4. The Labute approximate surface area is 131 Å². The number of hydrogen-bond acceptors (Lipinski definition) is 3. The van der Waals surface area contributed by atoms with Gasteiger partial charge in [0.15, 0.2) is 0 Å². The molecule has 0 aliphatic carbocycles. The van der Waals surface area contributed by atoms with Gasteiger partial charge in [0, 0.05) is 42.8 Å². The monoisotopic (exact) mass is 310 g/mol. The number of nitrogens with zero attached hydrogens (tertiary/aromatic N) is 2. The van der Waals surface area contributed by atoms with E-state index in [2.05, 4.69) is 11.8 Å². The number of aryl methyl sites for hydroxylation is 1. The molecule has 2 rings (SSSR count). The fraction of sp³-hybridized carbons (Fsp3) is 0.562. The third kappa shape index (κ3) is 3.96. The Morgan fingerprint density at radius 1 is 1.48 bits per heavy atom. The third-order valence-corrected chi connectivity index (χ3v) is 4.15. The number of aliphatic hydroxyl groups excluding tert-OH is 1. The zero-order valence-electron chi connectivity index (χ0n) is 12.8. The number of rotatable bonds is 3. The van der Waals surface area contributed by atoms with Crippen LogP contribution in [0.25, 0.3) is 0 Å². The van der Waals surface area contributed by atoms with Gasteiger partial charge in [-0.2, -0.15) is 0 Å². The molecule has 0 saturated carbocycles. The molecule has 0 bridgehead atoms. The lowest BCUT2D eigenvalue weighted by molar-refractivity contribution is 0.0382. The van der Waals surface area contributed by atoms with Crippen LogP contribution in [0.3, 0.4) is 0 Å². The van der Waals surface area contributed by atoms with Crippen molar-refractivity contribution in [2.24, 2.45) is 0 Å². The summed E-state index contributed by atoms with van der Waals surface area (Å²) in [5, 5.41) is 10.1. The molecule has 1 heterocycles. The summed E-state index contributed by atoms with van der Waals surface area (Å²) in [4.78, 5) is 16.8. The van der Waals surface area contributed by atoms with Crippen LogP contribution in [-0.4, -0.2) is 59.1 Å². The van der Waals surface area contributed by atoms with E-state index in [1.54, 1.807) is 19.1 Å². The topological polar surface area (TPSA) is 43.8 Å². The van der Waals surface area contributed by atoms with Gasteiger partial charge in [0.2, 0.25) is 0 Å². The molecular weight excluding hydrogens is 288 g/mol. The Bertz CT molecular complexity index is 519. The molecule has 21 heavy (non-hydrogen) atoms. The summed E-state index contributed by atoms with van der Waals surface area (Å²) in [5.74, 6) is 0.0633. The third-order valence-electron chi connectivity index (χ3n) is 3.91. The first-order valence-corrected chi connectivity index (χ1v) is 7.74. The van der Waals surface area contributed by atoms with Crippen LogP contribution in [0.15, 0.2) is 18.2 Å². The maximum absolute atomic E-state index is 12.7. The van der Waals surface area contributed by atoms with Crippen LogP contribution in [-0.2, 0) is 0 Å². The molecule has 2 atom stereocenters. The quantitative estimate of drug-likeness (QED) is 0.930. The van der Waals surface area contributed by atoms with Gasteiger partial charge in [-0.15, -0.1) is 0 Å². The second-order valence-corrected chi connectivity index (χ2v) is 6.35. The van der Waals surface area contributed by atoms with Crippen molar-refractivity contribution in [3.63, 3.8) is 0 Å². The molecule has 1 N–H and O–H groups in total. The molecule has 1 aliphatic heterocycles. The number of piperazine rings is 1. The van der Waals surface area contributed by atoms with Crippen LogP contribution in [0.2, 0.25) is 5.02 Å². The summed E-state index contributed by atoms with van der Waals surface area (Å²) in [6.07, 6.45) is -0.335. The van der Waals surface area contributed by atoms with Crippen molar-refractivity contribution in [3.8, 4) is 0 Å². The van der Waals surface area contributed by atoms with Gasteiger partial charge in [-0.05, 0) is 44.5 Å². The zero-order valence-corrected chi connectivity index (χ0v) is 13.6. The number of amides is 1. The number of β-amino-alcohol motifs (C(OH)–C–C–N with tert-alkyl or cyclic N) is 1. The van der Waals surface area contributed by atoms with E-state index in [1.165, 1.54) is 0 Å². The number of aliphatic hydroxyl groups is 1. The average Bonchev–Trinajstić information content (AvgIpc) is 2.37. The summed E-state index contributed by atoms with van der Waals surface area (Å²) in [6, 6.07) is 5.52. The van der Waals surface area contributed by atoms with Crippen molar-refractivity contribution in [3.05, 3.63) is 34.3 Å². The van der Waals surface area contributed by atoms with Gasteiger partial charge in [-0.25, -0.2) is 0 Å². The van der Waals surface area contributed by atoms with Crippen LogP contribution in [0.5, 0.6) is 0 Å². The van der Waals surface area contributed by atoms with Crippen molar-refractivity contribution in [2.45, 2.75) is 32.9 Å². The van der Waals surface area contributed by atoms with Crippen molar-refractivity contribution >= 4 is 17.5 Å². The molecule has 1 saturated heterocycles. The standard InChI is InChI=1S/C16H23ClN2O2/c1-11-8-14(17)4-5-15(11)16(21)19-7-6-18(9-12(19)2)10-13(3)20/h4-5,8,12-13,20H,6-7,9-10H2,1-3H3. The Morgan fingerprint density at radius 3 is 2.76 bits per heavy atom. The Balaban J connectivity index is 2.07. The lowest BCUT2D eigenvalue weighted by Gasteiger charge is -2.40.